The molecular formula is C16H23Cl2IN6. The van der Waals surface area contributed by atoms with Crippen LogP contribution in [0.15, 0.2) is 29.5 Å². The number of guanidine groups is 1. The molecule has 0 spiro atoms. The maximum absolute atomic E-state index is 6.08. The largest absolute Gasteiger partial charge is 0.355 e. The molecule has 0 bridgehead atoms. The lowest BCUT2D eigenvalue weighted by atomic mass is 10.1. The summed E-state index contributed by atoms with van der Waals surface area (Å²) in [6, 6.07) is 5.65. The summed E-state index contributed by atoms with van der Waals surface area (Å²) in [5.74, 6) is 1.70. The van der Waals surface area contributed by atoms with Crippen molar-refractivity contribution in [1.82, 2.24) is 25.4 Å². The average Bonchev–Trinajstić information content (AvgIpc) is 3.03. The molecule has 0 aliphatic carbocycles. The van der Waals surface area contributed by atoms with E-state index in [1.807, 2.05) is 23.6 Å². The van der Waals surface area contributed by atoms with Crippen molar-refractivity contribution < 1.29 is 0 Å². The molecule has 1 heterocycles. The Bertz CT molecular complexity index is 704. The van der Waals surface area contributed by atoms with Crippen molar-refractivity contribution in [3.8, 4) is 0 Å². The molecule has 0 amide bonds. The topological polar surface area (TPSA) is 67.1 Å². The fourth-order valence-corrected chi connectivity index (χ4v) is 2.61. The third-order valence-electron chi connectivity index (χ3n) is 3.68. The highest BCUT2D eigenvalue weighted by molar-refractivity contribution is 14.0. The van der Waals surface area contributed by atoms with Crippen LogP contribution in [0, 0.1) is 0 Å². The van der Waals surface area contributed by atoms with Crippen LogP contribution in [-0.2, 0) is 13.0 Å². The molecule has 138 valence electrons. The van der Waals surface area contributed by atoms with Gasteiger partial charge in [-0.25, -0.2) is 0 Å². The van der Waals surface area contributed by atoms with E-state index in [2.05, 4.69) is 32.7 Å². The van der Waals surface area contributed by atoms with Crippen LogP contribution in [0.1, 0.15) is 31.3 Å². The molecule has 0 saturated carbocycles. The molecule has 25 heavy (non-hydrogen) atoms. The normalized spacial score (nSPS) is 12.4. The van der Waals surface area contributed by atoms with Crippen LogP contribution >= 0.6 is 47.2 Å². The third-order valence-corrected chi connectivity index (χ3v) is 4.42. The van der Waals surface area contributed by atoms with Crippen LogP contribution in [0.2, 0.25) is 10.0 Å². The first-order valence-electron chi connectivity index (χ1n) is 7.84. The first kappa shape index (κ1) is 22.0. The maximum Gasteiger partial charge on any atom is 0.191 e. The van der Waals surface area contributed by atoms with Gasteiger partial charge in [0.15, 0.2) is 5.96 Å². The Kier molecular flexibility index (Phi) is 9.52. The van der Waals surface area contributed by atoms with Gasteiger partial charge in [0.1, 0.15) is 12.2 Å². The number of halogens is 3. The van der Waals surface area contributed by atoms with Crippen LogP contribution < -0.4 is 10.6 Å². The summed E-state index contributed by atoms with van der Waals surface area (Å²) in [5.41, 5.74) is 1.04. The highest BCUT2D eigenvalue weighted by Crippen LogP contribution is 2.25. The molecule has 1 atom stereocenters. The van der Waals surface area contributed by atoms with Crippen LogP contribution in [0.25, 0.3) is 0 Å². The van der Waals surface area contributed by atoms with Crippen LogP contribution in [-0.4, -0.2) is 34.3 Å². The molecule has 2 aromatic rings. The summed E-state index contributed by atoms with van der Waals surface area (Å²) >= 11 is 12.0. The maximum atomic E-state index is 6.08. The summed E-state index contributed by atoms with van der Waals surface area (Å²) in [5, 5.41) is 15.7. The molecule has 1 aromatic carbocycles. The van der Waals surface area contributed by atoms with Gasteiger partial charge in [0, 0.05) is 26.6 Å². The van der Waals surface area contributed by atoms with E-state index in [-0.39, 0.29) is 30.0 Å². The summed E-state index contributed by atoms with van der Waals surface area (Å²) in [7, 11) is 1.74. The molecule has 0 fully saturated rings. The summed E-state index contributed by atoms with van der Waals surface area (Å²) in [6.45, 7) is 5.60. The van der Waals surface area contributed by atoms with E-state index in [1.165, 1.54) is 0 Å². The summed E-state index contributed by atoms with van der Waals surface area (Å²) in [6.07, 6.45) is 2.61. The highest BCUT2D eigenvalue weighted by atomic mass is 127. The standard InChI is InChI=1S/C16H22Cl2N6.HI/c1-4-15-23-21-10-24(15)8-7-20-16(19-3)22-11(2)12-5-6-13(17)14(18)9-12;/h5-6,9-11H,4,7-8H2,1-3H3,(H2,19,20,22);1H. The number of hydrogen-bond donors (Lipinski definition) is 2. The molecule has 9 heteroatoms. The Morgan fingerprint density at radius 3 is 2.72 bits per heavy atom. The van der Waals surface area contributed by atoms with Gasteiger partial charge in [-0.1, -0.05) is 36.2 Å². The van der Waals surface area contributed by atoms with E-state index < -0.39 is 0 Å². The molecule has 0 aliphatic rings. The van der Waals surface area contributed by atoms with Gasteiger partial charge in [-0.05, 0) is 24.6 Å². The number of nitrogens with one attached hydrogen (secondary N) is 2. The predicted octanol–water partition coefficient (Wildman–Crippen LogP) is 3.69. The van der Waals surface area contributed by atoms with Crippen molar-refractivity contribution in [3.05, 3.63) is 46.0 Å². The second kappa shape index (κ2) is 10.8. The lowest BCUT2D eigenvalue weighted by molar-refractivity contribution is 0.620. The Morgan fingerprint density at radius 2 is 2.08 bits per heavy atom. The zero-order valence-corrected chi connectivity index (χ0v) is 18.3. The smallest absolute Gasteiger partial charge is 0.191 e. The zero-order valence-electron chi connectivity index (χ0n) is 14.5. The van der Waals surface area contributed by atoms with E-state index in [0.717, 1.165) is 36.9 Å². The van der Waals surface area contributed by atoms with Gasteiger partial charge in [0.05, 0.1) is 16.1 Å². The van der Waals surface area contributed by atoms with Crippen molar-refractivity contribution >= 4 is 53.1 Å². The first-order valence-corrected chi connectivity index (χ1v) is 8.59. The van der Waals surface area contributed by atoms with Crippen LogP contribution in [0.4, 0.5) is 0 Å². The lowest BCUT2D eigenvalue weighted by Crippen LogP contribution is -2.40. The summed E-state index contributed by atoms with van der Waals surface area (Å²) < 4.78 is 2.03. The van der Waals surface area contributed by atoms with E-state index in [1.54, 1.807) is 19.4 Å². The van der Waals surface area contributed by atoms with Crippen molar-refractivity contribution in [3.63, 3.8) is 0 Å². The second-order valence-electron chi connectivity index (χ2n) is 5.33. The molecule has 0 aliphatic heterocycles. The Labute approximate surface area is 175 Å². The van der Waals surface area contributed by atoms with Crippen molar-refractivity contribution in [2.45, 2.75) is 32.9 Å². The number of aliphatic imine (C=N–C) groups is 1. The highest BCUT2D eigenvalue weighted by Gasteiger charge is 2.10. The van der Waals surface area contributed by atoms with Crippen molar-refractivity contribution in [2.75, 3.05) is 13.6 Å². The monoisotopic (exact) mass is 496 g/mol. The second-order valence-corrected chi connectivity index (χ2v) is 6.15. The van der Waals surface area contributed by atoms with Gasteiger partial charge in [-0.15, -0.1) is 34.2 Å². The Hall–Kier alpha value is -1.06. The fraction of sp³-hybridized carbons (Fsp3) is 0.438. The van der Waals surface area contributed by atoms with Crippen LogP contribution in [0.3, 0.4) is 0 Å². The number of benzene rings is 1. The summed E-state index contributed by atoms with van der Waals surface area (Å²) in [4.78, 5) is 4.25. The number of aryl methyl sites for hydroxylation is 1. The third kappa shape index (κ3) is 6.31. The minimum Gasteiger partial charge on any atom is -0.355 e. The number of hydrogen-bond acceptors (Lipinski definition) is 3. The van der Waals surface area contributed by atoms with E-state index in [9.17, 15) is 0 Å². The molecular weight excluding hydrogens is 474 g/mol. The van der Waals surface area contributed by atoms with E-state index in [0.29, 0.717) is 10.0 Å². The average molecular weight is 497 g/mol. The van der Waals surface area contributed by atoms with Gasteiger partial charge in [-0.2, -0.15) is 0 Å². The quantitative estimate of drug-likeness (QED) is 0.363. The molecule has 0 radical (unpaired) electrons. The first-order chi connectivity index (χ1) is 11.5. The van der Waals surface area contributed by atoms with Crippen molar-refractivity contribution in [2.24, 2.45) is 4.99 Å². The lowest BCUT2D eigenvalue weighted by Gasteiger charge is -2.19. The van der Waals surface area contributed by atoms with Crippen LogP contribution in [0.5, 0.6) is 0 Å². The van der Waals surface area contributed by atoms with Gasteiger partial charge >= 0.3 is 0 Å². The van der Waals surface area contributed by atoms with E-state index >= 15 is 0 Å². The van der Waals surface area contributed by atoms with E-state index in [4.69, 9.17) is 23.2 Å². The molecule has 2 rings (SSSR count). The molecule has 6 nitrogen and oxygen atoms in total. The SMILES string of the molecule is CCc1nncn1CCNC(=NC)NC(C)c1ccc(Cl)c(Cl)c1.I. The minimum atomic E-state index is 0. The molecule has 2 N–H and O–H groups in total. The Morgan fingerprint density at radius 1 is 1.32 bits per heavy atom. The minimum absolute atomic E-state index is 0. The van der Waals surface area contributed by atoms with Gasteiger partial charge < -0.3 is 15.2 Å². The predicted molar refractivity (Wildman–Crippen MR) is 114 cm³/mol. The number of nitrogens with zero attached hydrogens (tertiary/aromatic N) is 4. The van der Waals surface area contributed by atoms with Gasteiger partial charge in [0.25, 0.3) is 0 Å². The fourth-order valence-electron chi connectivity index (χ4n) is 2.30. The Balaban J connectivity index is 0.00000312. The molecule has 1 unspecified atom stereocenters. The van der Waals surface area contributed by atoms with Gasteiger partial charge in [-0.3, -0.25) is 4.99 Å². The molecule has 1 aromatic heterocycles. The van der Waals surface area contributed by atoms with Gasteiger partial charge in [0.2, 0.25) is 0 Å². The number of aromatic nitrogens is 3. The van der Waals surface area contributed by atoms with Crippen molar-refractivity contribution in [1.29, 1.82) is 0 Å². The zero-order chi connectivity index (χ0) is 17.5. The number of rotatable bonds is 6. The molecule has 0 saturated heterocycles.